The summed E-state index contributed by atoms with van der Waals surface area (Å²) in [6.45, 7) is 7.67. The fraction of sp³-hybridized carbons (Fsp3) is 0.310. The number of hydrogen-bond donors (Lipinski definition) is 3. The molecule has 4 N–H and O–H groups in total. The Labute approximate surface area is 231 Å². The van der Waals surface area contributed by atoms with Crippen LogP contribution >= 0.6 is 0 Å². The third-order valence-electron chi connectivity index (χ3n) is 6.77. The van der Waals surface area contributed by atoms with Crippen LogP contribution in [0, 0.1) is 6.92 Å². The molecule has 0 saturated carbocycles. The molecular formula is C29H31N7O4. The zero-order valence-corrected chi connectivity index (χ0v) is 22.8. The highest BCUT2D eigenvalue weighted by Crippen LogP contribution is 2.35. The summed E-state index contributed by atoms with van der Waals surface area (Å²) in [6.07, 6.45) is 2.65. The molecule has 1 aliphatic rings. The largest absolute Gasteiger partial charge is 0.456 e. The quantitative estimate of drug-likeness (QED) is 0.248. The number of rotatable bonds is 6. The Morgan fingerprint density at radius 1 is 1.10 bits per heavy atom. The molecule has 11 nitrogen and oxygen atoms in total. The van der Waals surface area contributed by atoms with Crippen molar-refractivity contribution in [2.45, 2.75) is 58.7 Å². The molecule has 0 radical (unpaired) electrons. The summed E-state index contributed by atoms with van der Waals surface area (Å²) < 4.78 is 6.86. The van der Waals surface area contributed by atoms with Gasteiger partial charge >= 0.3 is 5.97 Å². The molecule has 2 aromatic heterocycles. The summed E-state index contributed by atoms with van der Waals surface area (Å²) in [6, 6.07) is 11.9. The third kappa shape index (κ3) is 5.49. The maximum absolute atomic E-state index is 13.5. The van der Waals surface area contributed by atoms with E-state index in [0.29, 0.717) is 24.1 Å². The number of fused-ring (bicyclic) bond motifs is 2. The summed E-state index contributed by atoms with van der Waals surface area (Å²) in [7, 11) is 0. The lowest BCUT2D eigenvalue weighted by Crippen LogP contribution is -2.31. The molecule has 1 aliphatic carbocycles. The molecule has 0 fully saturated rings. The molecular weight excluding hydrogens is 510 g/mol. The Kier molecular flexibility index (Phi) is 6.97. The number of nitrogen functional groups attached to an aromatic ring is 1. The van der Waals surface area contributed by atoms with Crippen LogP contribution < -0.4 is 16.4 Å². The van der Waals surface area contributed by atoms with E-state index in [4.69, 9.17) is 10.5 Å². The highest BCUT2D eigenvalue weighted by atomic mass is 16.6. The fourth-order valence-corrected chi connectivity index (χ4v) is 4.82. The first-order chi connectivity index (χ1) is 19.0. The first-order valence-electron chi connectivity index (χ1n) is 13.0. The van der Waals surface area contributed by atoms with Crippen LogP contribution in [0.3, 0.4) is 0 Å². The van der Waals surface area contributed by atoms with Crippen LogP contribution in [0.15, 0.2) is 48.8 Å². The van der Waals surface area contributed by atoms with Crippen LogP contribution in [0.25, 0.3) is 5.78 Å². The summed E-state index contributed by atoms with van der Waals surface area (Å²) in [5, 5.41) is 9.99. The van der Waals surface area contributed by atoms with Gasteiger partial charge in [0, 0.05) is 18.3 Å². The number of carbonyl (C=O) groups is 3. The van der Waals surface area contributed by atoms with Gasteiger partial charge in [-0.15, -0.1) is 0 Å². The van der Waals surface area contributed by atoms with Crippen LogP contribution in [-0.4, -0.2) is 43.0 Å². The van der Waals surface area contributed by atoms with Crippen molar-refractivity contribution in [2.24, 2.45) is 0 Å². The van der Waals surface area contributed by atoms with Crippen LogP contribution in [0.1, 0.15) is 86.8 Å². The second-order valence-electron chi connectivity index (χ2n) is 10.8. The fourth-order valence-electron chi connectivity index (χ4n) is 4.82. The van der Waals surface area contributed by atoms with E-state index in [1.807, 2.05) is 45.9 Å². The van der Waals surface area contributed by atoms with Gasteiger partial charge in [0.05, 0.1) is 11.6 Å². The van der Waals surface area contributed by atoms with E-state index in [9.17, 15) is 14.4 Å². The predicted octanol–water partition coefficient (Wildman–Crippen LogP) is 3.32. The van der Waals surface area contributed by atoms with E-state index in [-0.39, 0.29) is 35.7 Å². The number of carbonyl (C=O) groups excluding carboxylic acids is 3. The Bertz CT molecular complexity index is 1620. The summed E-state index contributed by atoms with van der Waals surface area (Å²) >= 11 is 0. The van der Waals surface area contributed by atoms with E-state index in [1.54, 1.807) is 18.2 Å². The Morgan fingerprint density at radius 3 is 2.58 bits per heavy atom. The van der Waals surface area contributed by atoms with Gasteiger partial charge in [0.25, 0.3) is 17.6 Å². The Balaban J connectivity index is 1.35. The lowest BCUT2D eigenvalue weighted by molar-refractivity contribution is 0.00683. The minimum Gasteiger partial charge on any atom is -0.456 e. The van der Waals surface area contributed by atoms with E-state index in [0.717, 1.165) is 22.3 Å². The van der Waals surface area contributed by atoms with Crippen molar-refractivity contribution in [3.8, 4) is 0 Å². The highest BCUT2D eigenvalue weighted by molar-refractivity contribution is 5.98. The van der Waals surface area contributed by atoms with E-state index >= 15 is 0 Å². The Morgan fingerprint density at radius 2 is 1.85 bits per heavy atom. The number of anilines is 1. The van der Waals surface area contributed by atoms with Crippen LogP contribution in [0.5, 0.6) is 0 Å². The number of hydrogen-bond acceptors (Lipinski definition) is 8. The number of nitrogens with two attached hydrogens (primary N) is 1. The van der Waals surface area contributed by atoms with Crippen LogP contribution in [-0.2, 0) is 17.7 Å². The number of ether oxygens (including phenoxy) is 1. The number of aromatic nitrogens is 4. The topological polar surface area (TPSA) is 154 Å². The molecule has 206 valence electrons. The second-order valence-corrected chi connectivity index (χ2v) is 10.8. The lowest BCUT2D eigenvalue weighted by atomic mass is 9.97. The van der Waals surface area contributed by atoms with E-state index in [1.165, 1.54) is 16.9 Å². The van der Waals surface area contributed by atoms with Gasteiger partial charge in [-0.25, -0.2) is 9.78 Å². The van der Waals surface area contributed by atoms with Crippen molar-refractivity contribution in [3.05, 3.63) is 88.0 Å². The molecule has 0 unspecified atom stereocenters. The van der Waals surface area contributed by atoms with Gasteiger partial charge < -0.3 is 21.1 Å². The average molecular weight is 542 g/mol. The summed E-state index contributed by atoms with van der Waals surface area (Å²) in [5.41, 5.74) is 10.2. The Hall–Kier alpha value is -4.80. The van der Waals surface area contributed by atoms with Crippen molar-refractivity contribution >= 4 is 29.2 Å². The molecule has 2 heterocycles. The minimum atomic E-state index is -0.595. The normalized spacial score (nSPS) is 14.6. The molecule has 5 rings (SSSR count). The van der Waals surface area contributed by atoms with Gasteiger partial charge in [0.1, 0.15) is 23.3 Å². The zero-order valence-electron chi connectivity index (χ0n) is 22.8. The monoisotopic (exact) mass is 541 g/mol. The van der Waals surface area contributed by atoms with Crippen LogP contribution in [0.4, 0.5) is 5.69 Å². The van der Waals surface area contributed by atoms with Crippen molar-refractivity contribution < 1.29 is 19.1 Å². The molecule has 2 amide bonds. The van der Waals surface area contributed by atoms with Gasteiger partial charge in [0.15, 0.2) is 0 Å². The second kappa shape index (κ2) is 10.4. The number of amides is 2. The van der Waals surface area contributed by atoms with Crippen LogP contribution in [0.2, 0.25) is 0 Å². The first kappa shape index (κ1) is 26.8. The maximum Gasteiger partial charge on any atom is 0.338 e. The number of esters is 1. The minimum absolute atomic E-state index is 0.0470. The van der Waals surface area contributed by atoms with Gasteiger partial charge in [0.2, 0.25) is 0 Å². The van der Waals surface area contributed by atoms with Crippen molar-refractivity contribution in [2.75, 3.05) is 5.73 Å². The third-order valence-corrected chi connectivity index (χ3v) is 6.77. The number of benzene rings is 2. The average Bonchev–Trinajstić information content (AvgIpc) is 3.54. The molecule has 4 aromatic rings. The van der Waals surface area contributed by atoms with Gasteiger partial charge in [-0.1, -0.05) is 18.2 Å². The predicted molar refractivity (Wildman–Crippen MR) is 148 cm³/mol. The standard InChI is InChI=1S/C29H31N7O4/c1-16-19-11-12-22(21(19)10-9-20(16)27(39)40-29(2,3)4)34-26(38)24-13-23(35-28-32-15-33-36(24)28)25(37)31-14-17-5-7-18(30)8-6-17/h5-10,13,15,22H,11-12,14,30H2,1-4H3,(H,31,37)(H,34,38)/t22-/m0/s1. The van der Waals surface area contributed by atoms with Gasteiger partial charge in [-0.2, -0.15) is 14.6 Å². The van der Waals surface area contributed by atoms with Gasteiger partial charge in [-0.05, 0) is 81.0 Å². The first-order valence-corrected chi connectivity index (χ1v) is 13.0. The van der Waals surface area contributed by atoms with Crippen molar-refractivity contribution in [1.82, 2.24) is 30.2 Å². The smallest absolute Gasteiger partial charge is 0.338 e. The van der Waals surface area contributed by atoms with E-state index < -0.39 is 17.4 Å². The van der Waals surface area contributed by atoms with Crippen molar-refractivity contribution in [1.29, 1.82) is 0 Å². The van der Waals surface area contributed by atoms with Crippen molar-refractivity contribution in [3.63, 3.8) is 0 Å². The number of nitrogens with zero attached hydrogens (tertiary/aromatic N) is 4. The van der Waals surface area contributed by atoms with E-state index in [2.05, 4.69) is 25.7 Å². The maximum atomic E-state index is 13.5. The SMILES string of the molecule is Cc1c(C(=O)OC(C)(C)C)ccc2c1CC[C@@H]2NC(=O)c1cc(C(=O)NCc2ccc(N)cc2)nc2ncnn12. The molecule has 0 aliphatic heterocycles. The molecule has 2 aromatic carbocycles. The van der Waals surface area contributed by atoms with Gasteiger partial charge in [-0.3, -0.25) is 9.59 Å². The highest BCUT2D eigenvalue weighted by Gasteiger charge is 2.30. The summed E-state index contributed by atoms with van der Waals surface area (Å²) in [5.74, 6) is -1.10. The zero-order chi connectivity index (χ0) is 28.6. The summed E-state index contributed by atoms with van der Waals surface area (Å²) in [4.78, 5) is 47.5. The lowest BCUT2D eigenvalue weighted by Gasteiger charge is -2.21. The molecule has 40 heavy (non-hydrogen) atoms. The molecule has 0 bridgehead atoms. The molecule has 0 saturated heterocycles. The number of nitrogens with one attached hydrogen (secondary N) is 2. The molecule has 1 atom stereocenters. The molecule has 0 spiro atoms. The molecule has 11 heteroatoms.